The summed E-state index contributed by atoms with van der Waals surface area (Å²) in [5.74, 6) is 0. The number of nitrogens with zero attached hydrogens (tertiary/aromatic N) is 2. The van der Waals surface area contributed by atoms with Crippen LogP contribution < -0.4 is 5.32 Å². The zero-order valence-corrected chi connectivity index (χ0v) is 12.1. The molecule has 1 aromatic carbocycles. The van der Waals surface area contributed by atoms with Crippen LogP contribution in [-0.4, -0.2) is 41.3 Å². The summed E-state index contributed by atoms with van der Waals surface area (Å²) >= 11 is 5.81. The van der Waals surface area contributed by atoms with Crippen LogP contribution >= 0.6 is 11.6 Å². The zero-order chi connectivity index (χ0) is 15.0. The lowest BCUT2D eigenvalue weighted by molar-refractivity contribution is 0.0256. The Hall–Kier alpha value is -2.21. The molecule has 1 fully saturated rings. The van der Waals surface area contributed by atoms with E-state index in [-0.39, 0.29) is 18.1 Å². The largest absolute Gasteiger partial charge is 0.452 e. The Kier molecular flexibility index (Phi) is 3.47. The summed E-state index contributed by atoms with van der Waals surface area (Å²) in [7, 11) is 1.30. The number of fused-ring (bicyclic) bond motifs is 2. The Morgan fingerprint density at radius 1 is 1.19 bits per heavy atom. The minimum atomic E-state index is -0.543. The van der Waals surface area contributed by atoms with E-state index in [4.69, 9.17) is 16.3 Å². The summed E-state index contributed by atoms with van der Waals surface area (Å²) in [5, 5.41) is 6.08. The number of methoxy groups -OCH3 is 1. The number of benzene rings is 1. The highest BCUT2D eigenvalue weighted by atomic mass is 35.5. The molecule has 0 spiro atoms. The van der Waals surface area contributed by atoms with Crippen molar-refractivity contribution in [2.45, 2.75) is 18.5 Å². The van der Waals surface area contributed by atoms with E-state index in [0.717, 1.165) is 0 Å². The first kappa shape index (κ1) is 13.8. The van der Waals surface area contributed by atoms with E-state index < -0.39 is 6.09 Å². The maximum atomic E-state index is 12.4. The summed E-state index contributed by atoms with van der Waals surface area (Å²) < 4.78 is 4.75. The average molecular weight is 308 g/mol. The number of carbonyl (C=O) groups is 2. The summed E-state index contributed by atoms with van der Waals surface area (Å²) in [4.78, 5) is 24.3. The third-order valence-electron chi connectivity index (χ3n) is 3.56. The van der Waals surface area contributed by atoms with E-state index in [2.05, 4.69) is 5.32 Å². The first-order valence-electron chi connectivity index (χ1n) is 6.51. The molecule has 1 aliphatic carbocycles. The van der Waals surface area contributed by atoms with Gasteiger partial charge in [0.05, 0.1) is 19.2 Å². The van der Waals surface area contributed by atoms with Crippen molar-refractivity contribution in [2.75, 3.05) is 12.4 Å². The Morgan fingerprint density at radius 3 is 2.43 bits per heavy atom. The van der Waals surface area contributed by atoms with Crippen molar-refractivity contribution in [3.8, 4) is 0 Å². The Balaban J connectivity index is 1.78. The van der Waals surface area contributed by atoms with E-state index in [1.165, 1.54) is 17.1 Å². The van der Waals surface area contributed by atoms with Gasteiger partial charge in [0.2, 0.25) is 0 Å². The van der Waals surface area contributed by atoms with Crippen LogP contribution in [0.25, 0.3) is 0 Å². The second kappa shape index (κ2) is 5.29. The molecule has 6 nitrogen and oxygen atoms in total. The average Bonchev–Trinajstić information content (AvgIpc) is 3.09. The van der Waals surface area contributed by atoms with Gasteiger partial charge < -0.3 is 10.1 Å². The second-order valence-corrected chi connectivity index (χ2v) is 5.29. The molecule has 1 heterocycles. The van der Waals surface area contributed by atoms with E-state index in [1.807, 2.05) is 12.2 Å². The van der Waals surface area contributed by atoms with E-state index in [1.54, 1.807) is 24.3 Å². The van der Waals surface area contributed by atoms with Gasteiger partial charge in [0.1, 0.15) is 0 Å². The predicted octanol–water partition coefficient (Wildman–Crippen LogP) is 2.87. The molecule has 1 saturated heterocycles. The highest BCUT2D eigenvalue weighted by Crippen LogP contribution is 2.33. The molecule has 3 amide bonds. The fraction of sp³-hybridized carbons (Fsp3) is 0.286. The molecule has 0 radical (unpaired) electrons. The highest BCUT2D eigenvalue weighted by Gasteiger charge is 2.47. The van der Waals surface area contributed by atoms with E-state index in [9.17, 15) is 9.59 Å². The number of hydrogen-bond acceptors (Lipinski definition) is 3. The molecule has 2 aliphatic rings. The second-order valence-electron chi connectivity index (χ2n) is 4.85. The highest BCUT2D eigenvalue weighted by molar-refractivity contribution is 6.30. The predicted molar refractivity (Wildman–Crippen MR) is 77.9 cm³/mol. The van der Waals surface area contributed by atoms with E-state index >= 15 is 0 Å². The number of carbonyl (C=O) groups excluding carboxylic acids is 2. The number of hydrogen-bond donors (Lipinski definition) is 1. The van der Waals surface area contributed by atoms with Gasteiger partial charge in [-0.15, -0.1) is 0 Å². The van der Waals surface area contributed by atoms with Gasteiger partial charge in [-0.05, 0) is 30.7 Å². The van der Waals surface area contributed by atoms with Gasteiger partial charge >= 0.3 is 12.1 Å². The van der Waals surface area contributed by atoms with Gasteiger partial charge in [0.25, 0.3) is 0 Å². The first-order chi connectivity index (χ1) is 10.1. The molecule has 0 saturated carbocycles. The standard InChI is InChI=1S/C14H14ClN3O3/c1-21-14(20)18-12-7-6-11(8-12)17(18)13(19)16-10-4-2-9(15)3-5-10/h2-7,11-12H,8H2,1H3,(H,16,19)/t11-,12-/m0/s1. The maximum Gasteiger partial charge on any atom is 0.429 e. The van der Waals surface area contributed by atoms with Crippen LogP contribution in [0.4, 0.5) is 15.3 Å². The van der Waals surface area contributed by atoms with Crippen LogP contribution in [0.2, 0.25) is 5.02 Å². The molecule has 7 heteroatoms. The third-order valence-corrected chi connectivity index (χ3v) is 3.82. The first-order valence-corrected chi connectivity index (χ1v) is 6.89. The van der Waals surface area contributed by atoms with Crippen molar-refractivity contribution >= 4 is 29.4 Å². The summed E-state index contributed by atoms with van der Waals surface area (Å²) in [6.07, 6.45) is 3.99. The van der Waals surface area contributed by atoms with Gasteiger partial charge in [-0.1, -0.05) is 23.8 Å². The smallest absolute Gasteiger partial charge is 0.429 e. The number of halogens is 1. The van der Waals surface area contributed by atoms with Crippen LogP contribution in [0.15, 0.2) is 36.4 Å². The molecule has 1 aromatic rings. The Labute approximate surface area is 126 Å². The lowest BCUT2D eigenvalue weighted by Gasteiger charge is -2.34. The molecule has 0 aromatic heterocycles. The van der Waals surface area contributed by atoms with Crippen LogP contribution in [0.1, 0.15) is 6.42 Å². The number of ether oxygens (including phenoxy) is 1. The number of hydrazine groups is 1. The zero-order valence-electron chi connectivity index (χ0n) is 11.3. The van der Waals surface area contributed by atoms with Crippen molar-refractivity contribution in [1.29, 1.82) is 0 Å². The van der Waals surface area contributed by atoms with Crippen molar-refractivity contribution in [3.05, 3.63) is 41.4 Å². The van der Waals surface area contributed by atoms with Gasteiger partial charge in [0, 0.05) is 10.7 Å². The van der Waals surface area contributed by atoms with Crippen LogP contribution in [0.5, 0.6) is 0 Å². The molecule has 1 N–H and O–H groups in total. The molecule has 2 bridgehead atoms. The third kappa shape index (κ3) is 2.42. The SMILES string of the molecule is COC(=O)N1[C@H]2C=C[C@@H](C2)N1C(=O)Nc1ccc(Cl)cc1. The minimum Gasteiger partial charge on any atom is -0.452 e. The number of anilines is 1. The summed E-state index contributed by atoms with van der Waals surface area (Å²) in [6.45, 7) is 0. The van der Waals surface area contributed by atoms with E-state index in [0.29, 0.717) is 17.1 Å². The van der Waals surface area contributed by atoms with Crippen LogP contribution in [0.3, 0.4) is 0 Å². The van der Waals surface area contributed by atoms with Crippen LogP contribution in [0, 0.1) is 0 Å². The minimum absolute atomic E-state index is 0.124. The number of urea groups is 1. The molecular formula is C14H14ClN3O3. The normalized spacial score (nSPS) is 22.6. The fourth-order valence-electron chi connectivity index (χ4n) is 2.62. The topological polar surface area (TPSA) is 61.9 Å². The van der Waals surface area contributed by atoms with Crippen LogP contribution in [-0.2, 0) is 4.74 Å². The summed E-state index contributed by atoms with van der Waals surface area (Å²) in [6, 6.07) is 6.15. The molecule has 21 heavy (non-hydrogen) atoms. The van der Waals surface area contributed by atoms with Crippen molar-refractivity contribution < 1.29 is 14.3 Å². The maximum absolute atomic E-state index is 12.4. The lowest BCUT2D eigenvalue weighted by atomic mass is 10.2. The Bertz CT molecular complexity index is 602. The summed E-state index contributed by atoms with van der Waals surface area (Å²) in [5.41, 5.74) is 0.612. The molecular weight excluding hydrogens is 294 g/mol. The van der Waals surface area contributed by atoms with Gasteiger partial charge in [0.15, 0.2) is 0 Å². The number of nitrogens with one attached hydrogen (secondary N) is 1. The lowest BCUT2D eigenvalue weighted by Crippen LogP contribution is -2.53. The number of rotatable bonds is 1. The van der Waals surface area contributed by atoms with Crippen molar-refractivity contribution in [1.82, 2.24) is 10.0 Å². The fourth-order valence-corrected chi connectivity index (χ4v) is 2.75. The quantitative estimate of drug-likeness (QED) is 0.812. The van der Waals surface area contributed by atoms with Gasteiger partial charge in [-0.25, -0.2) is 19.6 Å². The number of amides is 3. The molecule has 0 unspecified atom stereocenters. The monoisotopic (exact) mass is 307 g/mol. The van der Waals surface area contributed by atoms with Crippen molar-refractivity contribution in [2.24, 2.45) is 0 Å². The molecule has 110 valence electrons. The van der Waals surface area contributed by atoms with Gasteiger partial charge in [-0.2, -0.15) is 0 Å². The molecule has 1 aliphatic heterocycles. The van der Waals surface area contributed by atoms with Gasteiger partial charge in [-0.3, -0.25) is 0 Å². The Morgan fingerprint density at radius 2 is 1.81 bits per heavy atom. The van der Waals surface area contributed by atoms with Crippen molar-refractivity contribution in [3.63, 3.8) is 0 Å². The molecule has 3 rings (SSSR count). The molecule has 2 atom stereocenters.